The molecule has 84 valence electrons. The van der Waals surface area contributed by atoms with Crippen molar-refractivity contribution in [2.45, 2.75) is 6.92 Å². The van der Waals surface area contributed by atoms with E-state index in [1.54, 1.807) is 19.1 Å². The molecule has 0 unspecified atom stereocenters. The first-order chi connectivity index (χ1) is 7.65. The molecule has 1 heterocycles. The molecule has 0 saturated heterocycles. The van der Waals surface area contributed by atoms with Crippen molar-refractivity contribution >= 4 is 5.82 Å². The van der Waals surface area contributed by atoms with Crippen LogP contribution >= 0.6 is 0 Å². The predicted octanol–water partition coefficient (Wildman–Crippen LogP) is 2.38. The fourth-order valence-electron chi connectivity index (χ4n) is 1.48. The molecule has 0 spiro atoms. The van der Waals surface area contributed by atoms with E-state index in [0.717, 1.165) is 0 Å². The van der Waals surface area contributed by atoms with Crippen molar-refractivity contribution in [2.75, 3.05) is 12.8 Å². The molecule has 2 rings (SSSR count). The predicted molar refractivity (Wildman–Crippen MR) is 57.6 cm³/mol. The maximum Gasteiger partial charge on any atom is 0.178 e. The van der Waals surface area contributed by atoms with Gasteiger partial charge in [0.05, 0.1) is 12.7 Å². The van der Waals surface area contributed by atoms with Crippen LogP contribution in [0.25, 0.3) is 11.3 Å². The van der Waals surface area contributed by atoms with Crippen LogP contribution in [0.2, 0.25) is 0 Å². The van der Waals surface area contributed by atoms with Crippen LogP contribution in [0.15, 0.2) is 22.7 Å². The van der Waals surface area contributed by atoms with Crippen molar-refractivity contribution in [1.29, 1.82) is 0 Å². The molecule has 0 aliphatic rings. The molecule has 0 amide bonds. The fraction of sp³-hybridized carbons (Fsp3) is 0.182. The Morgan fingerprint density at radius 1 is 1.44 bits per heavy atom. The number of nitrogens with two attached hydrogens (primary N) is 1. The summed E-state index contributed by atoms with van der Waals surface area (Å²) in [7, 11) is 1.47. The van der Waals surface area contributed by atoms with E-state index in [0.29, 0.717) is 17.1 Å². The maximum atomic E-state index is 13.7. The standard InChI is InChI=1S/C11H11FN2O2/c1-6-10(16-14-11(6)13)9-7(12)4-3-5-8(9)15-2/h3-5H,1-2H3,(H2,13,14). The molecule has 0 aliphatic carbocycles. The molecule has 1 aromatic heterocycles. The summed E-state index contributed by atoms with van der Waals surface area (Å²) >= 11 is 0. The number of benzene rings is 1. The number of nitrogen functional groups attached to an aromatic ring is 1. The minimum absolute atomic E-state index is 0.242. The lowest BCUT2D eigenvalue weighted by Crippen LogP contribution is -1.92. The summed E-state index contributed by atoms with van der Waals surface area (Å²) < 4.78 is 23.8. The van der Waals surface area contributed by atoms with Crippen LogP contribution in [-0.2, 0) is 0 Å². The van der Waals surface area contributed by atoms with Gasteiger partial charge < -0.3 is 15.0 Å². The highest BCUT2D eigenvalue weighted by Crippen LogP contribution is 2.35. The number of halogens is 1. The third-order valence-corrected chi connectivity index (χ3v) is 2.38. The zero-order chi connectivity index (χ0) is 11.7. The molecular formula is C11H11FN2O2. The van der Waals surface area contributed by atoms with Crippen LogP contribution in [0.1, 0.15) is 5.56 Å². The highest BCUT2D eigenvalue weighted by atomic mass is 19.1. The van der Waals surface area contributed by atoms with Crippen molar-refractivity contribution in [3.63, 3.8) is 0 Å². The van der Waals surface area contributed by atoms with Gasteiger partial charge in [-0.1, -0.05) is 11.2 Å². The molecule has 0 saturated carbocycles. The molecule has 0 bridgehead atoms. The smallest absolute Gasteiger partial charge is 0.178 e. The van der Waals surface area contributed by atoms with E-state index in [1.165, 1.54) is 13.2 Å². The second-order valence-electron chi connectivity index (χ2n) is 3.34. The largest absolute Gasteiger partial charge is 0.496 e. The molecular weight excluding hydrogens is 211 g/mol. The lowest BCUT2D eigenvalue weighted by Gasteiger charge is -2.06. The van der Waals surface area contributed by atoms with Crippen LogP contribution in [0.4, 0.5) is 10.2 Å². The highest BCUT2D eigenvalue weighted by molar-refractivity contribution is 5.71. The number of aromatic nitrogens is 1. The maximum absolute atomic E-state index is 13.7. The normalized spacial score (nSPS) is 10.4. The van der Waals surface area contributed by atoms with Crippen LogP contribution in [0.3, 0.4) is 0 Å². The van der Waals surface area contributed by atoms with Gasteiger partial charge in [-0.25, -0.2) is 4.39 Å². The summed E-state index contributed by atoms with van der Waals surface area (Å²) in [6.07, 6.45) is 0. The van der Waals surface area contributed by atoms with Gasteiger partial charge in [0.25, 0.3) is 0 Å². The number of methoxy groups -OCH3 is 1. The molecule has 0 aliphatic heterocycles. The fourth-order valence-corrected chi connectivity index (χ4v) is 1.48. The van der Waals surface area contributed by atoms with Gasteiger partial charge in [0.1, 0.15) is 11.6 Å². The summed E-state index contributed by atoms with van der Waals surface area (Å²) in [6, 6.07) is 4.54. The lowest BCUT2D eigenvalue weighted by molar-refractivity contribution is 0.402. The molecule has 5 heteroatoms. The first-order valence-corrected chi connectivity index (χ1v) is 4.69. The van der Waals surface area contributed by atoms with E-state index in [-0.39, 0.29) is 11.4 Å². The van der Waals surface area contributed by atoms with Crippen molar-refractivity contribution in [3.05, 3.63) is 29.6 Å². The second kappa shape index (κ2) is 3.84. The Hall–Kier alpha value is -2.04. The van der Waals surface area contributed by atoms with Crippen LogP contribution in [0.5, 0.6) is 5.75 Å². The molecule has 0 fully saturated rings. The van der Waals surface area contributed by atoms with Gasteiger partial charge in [-0.2, -0.15) is 0 Å². The van der Waals surface area contributed by atoms with E-state index in [2.05, 4.69) is 5.16 Å². The monoisotopic (exact) mass is 222 g/mol. The highest BCUT2D eigenvalue weighted by Gasteiger charge is 2.19. The number of hydrogen-bond acceptors (Lipinski definition) is 4. The van der Waals surface area contributed by atoms with Crippen molar-refractivity contribution in [2.24, 2.45) is 0 Å². The summed E-state index contributed by atoms with van der Waals surface area (Å²) in [6.45, 7) is 1.72. The average molecular weight is 222 g/mol. The van der Waals surface area contributed by atoms with Crippen LogP contribution in [-0.4, -0.2) is 12.3 Å². The number of ether oxygens (including phenoxy) is 1. The molecule has 2 N–H and O–H groups in total. The SMILES string of the molecule is COc1cccc(F)c1-c1onc(N)c1C. The summed E-state index contributed by atoms with van der Waals surface area (Å²) in [5.41, 5.74) is 6.39. The zero-order valence-electron chi connectivity index (χ0n) is 8.95. The van der Waals surface area contributed by atoms with E-state index < -0.39 is 5.82 Å². The third kappa shape index (κ3) is 1.50. The molecule has 16 heavy (non-hydrogen) atoms. The number of nitrogens with zero attached hydrogens (tertiary/aromatic N) is 1. The van der Waals surface area contributed by atoms with Crippen molar-refractivity contribution < 1.29 is 13.7 Å². The van der Waals surface area contributed by atoms with Crippen molar-refractivity contribution in [3.8, 4) is 17.1 Å². The second-order valence-corrected chi connectivity index (χ2v) is 3.34. The zero-order valence-corrected chi connectivity index (χ0v) is 8.95. The Morgan fingerprint density at radius 3 is 2.75 bits per heavy atom. The van der Waals surface area contributed by atoms with E-state index in [9.17, 15) is 4.39 Å². The van der Waals surface area contributed by atoms with Gasteiger partial charge in [0.2, 0.25) is 0 Å². The molecule has 1 aromatic carbocycles. The molecule has 4 nitrogen and oxygen atoms in total. The van der Waals surface area contributed by atoms with E-state index in [1.807, 2.05) is 0 Å². The first-order valence-electron chi connectivity index (χ1n) is 4.69. The van der Waals surface area contributed by atoms with Crippen LogP contribution in [0, 0.1) is 12.7 Å². The summed E-state index contributed by atoms with van der Waals surface area (Å²) in [4.78, 5) is 0. The van der Waals surface area contributed by atoms with Gasteiger partial charge in [-0.3, -0.25) is 0 Å². The topological polar surface area (TPSA) is 61.3 Å². The van der Waals surface area contributed by atoms with Gasteiger partial charge >= 0.3 is 0 Å². The Kier molecular flexibility index (Phi) is 2.52. The van der Waals surface area contributed by atoms with E-state index >= 15 is 0 Å². The lowest BCUT2D eigenvalue weighted by atomic mass is 10.1. The Bertz CT molecular complexity index is 523. The summed E-state index contributed by atoms with van der Waals surface area (Å²) in [5, 5.41) is 3.59. The van der Waals surface area contributed by atoms with Gasteiger partial charge in [-0.05, 0) is 19.1 Å². The third-order valence-electron chi connectivity index (χ3n) is 2.38. The Morgan fingerprint density at radius 2 is 2.19 bits per heavy atom. The number of hydrogen-bond donors (Lipinski definition) is 1. The molecule has 2 aromatic rings. The molecule has 0 atom stereocenters. The van der Waals surface area contributed by atoms with E-state index in [4.69, 9.17) is 15.0 Å². The van der Waals surface area contributed by atoms with Gasteiger partial charge in [0.15, 0.2) is 11.6 Å². The first kappa shape index (κ1) is 10.5. The summed E-state index contributed by atoms with van der Waals surface area (Å²) in [5.74, 6) is 0.505. The van der Waals surface area contributed by atoms with Gasteiger partial charge in [-0.15, -0.1) is 0 Å². The minimum Gasteiger partial charge on any atom is -0.496 e. The van der Waals surface area contributed by atoms with Gasteiger partial charge in [0, 0.05) is 5.56 Å². The number of anilines is 1. The quantitative estimate of drug-likeness (QED) is 0.847. The minimum atomic E-state index is -0.432. The average Bonchev–Trinajstić information content (AvgIpc) is 2.60. The van der Waals surface area contributed by atoms with Crippen LogP contribution < -0.4 is 10.5 Å². The Labute approximate surface area is 91.8 Å². The molecule has 0 radical (unpaired) electrons. The Balaban J connectivity index is 2.68. The van der Waals surface area contributed by atoms with Crippen molar-refractivity contribution in [1.82, 2.24) is 5.16 Å². The number of rotatable bonds is 2.